The maximum absolute atomic E-state index is 11.6. The molecule has 16 heavy (non-hydrogen) atoms. The third-order valence-corrected chi connectivity index (χ3v) is 2.72. The number of amides is 3. The highest BCUT2D eigenvalue weighted by Crippen LogP contribution is 2.10. The molecule has 0 aliphatic carbocycles. The molecule has 5 heteroatoms. The molecule has 1 heterocycles. The van der Waals surface area contributed by atoms with Crippen molar-refractivity contribution in [3.63, 3.8) is 0 Å². The van der Waals surface area contributed by atoms with E-state index in [9.17, 15) is 9.59 Å². The van der Waals surface area contributed by atoms with E-state index in [0.717, 1.165) is 38.9 Å². The molecule has 0 aromatic heterocycles. The first-order valence-corrected chi connectivity index (χ1v) is 5.93. The predicted molar refractivity (Wildman–Crippen MR) is 62.1 cm³/mol. The second-order valence-electron chi connectivity index (χ2n) is 4.19. The lowest BCUT2D eigenvalue weighted by molar-refractivity contribution is -0.119. The van der Waals surface area contributed by atoms with Crippen molar-refractivity contribution in [2.75, 3.05) is 19.6 Å². The van der Waals surface area contributed by atoms with Gasteiger partial charge in [0.1, 0.15) is 0 Å². The average molecular weight is 227 g/mol. The second kappa shape index (κ2) is 6.35. The summed E-state index contributed by atoms with van der Waals surface area (Å²) in [6.45, 7) is 5.73. The number of urea groups is 1. The van der Waals surface area contributed by atoms with Crippen molar-refractivity contribution in [3.05, 3.63) is 0 Å². The van der Waals surface area contributed by atoms with Crippen LogP contribution < -0.4 is 10.6 Å². The number of hydrogen-bond acceptors (Lipinski definition) is 2. The van der Waals surface area contributed by atoms with Crippen LogP contribution in [0, 0.1) is 0 Å². The smallest absolute Gasteiger partial charge is 0.317 e. The fourth-order valence-corrected chi connectivity index (χ4v) is 1.86. The molecule has 1 saturated heterocycles. The summed E-state index contributed by atoms with van der Waals surface area (Å²) in [5.74, 6) is 0.00823. The van der Waals surface area contributed by atoms with Crippen molar-refractivity contribution in [1.29, 1.82) is 0 Å². The zero-order chi connectivity index (χ0) is 12.0. The molecule has 0 aromatic carbocycles. The van der Waals surface area contributed by atoms with Crippen molar-refractivity contribution in [2.45, 2.75) is 39.2 Å². The molecule has 5 nitrogen and oxygen atoms in total. The van der Waals surface area contributed by atoms with Gasteiger partial charge in [0.2, 0.25) is 5.91 Å². The Morgan fingerprint density at radius 2 is 1.94 bits per heavy atom. The quantitative estimate of drug-likeness (QED) is 0.746. The Hall–Kier alpha value is -1.26. The minimum atomic E-state index is 0.00823. The summed E-state index contributed by atoms with van der Waals surface area (Å²) in [4.78, 5) is 24.3. The van der Waals surface area contributed by atoms with Gasteiger partial charge < -0.3 is 15.5 Å². The summed E-state index contributed by atoms with van der Waals surface area (Å²) in [5.41, 5.74) is 0. The lowest BCUT2D eigenvalue weighted by Gasteiger charge is -2.32. The number of nitrogens with zero attached hydrogens (tertiary/aromatic N) is 1. The van der Waals surface area contributed by atoms with Gasteiger partial charge >= 0.3 is 6.03 Å². The highest BCUT2D eigenvalue weighted by Gasteiger charge is 2.22. The van der Waals surface area contributed by atoms with Gasteiger partial charge in [-0.3, -0.25) is 4.79 Å². The lowest BCUT2D eigenvalue weighted by atomic mass is 10.1. The minimum absolute atomic E-state index is 0.00823. The van der Waals surface area contributed by atoms with Gasteiger partial charge in [0.15, 0.2) is 0 Å². The van der Waals surface area contributed by atoms with Gasteiger partial charge in [0, 0.05) is 32.6 Å². The molecule has 0 aromatic rings. The molecule has 0 atom stereocenters. The van der Waals surface area contributed by atoms with E-state index in [4.69, 9.17) is 0 Å². The predicted octanol–water partition coefficient (Wildman–Crippen LogP) is 0.706. The van der Waals surface area contributed by atoms with Crippen LogP contribution in [0.15, 0.2) is 0 Å². The Morgan fingerprint density at radius 1 is 1.31 bits per heavy atom. The van der Waals surface area contributed by atoms with Crippen LogP contribution in [-0.4, -0.2) is 42.5 Å². The van der Waals surface area contributed by atoms with Crippen LogP contribution in [0.4, 0.5) is 4.79 Å². The van der Waals surface area contributed by atoms with Crippen LogP contribution in [-0.2, 0) is 4.79 Å². The SMILES string of the molecule is CCCNC(=O)N1CCC(NC(C)=O)CC1. The average Bonchev–Trinajstić information content (AvgIpc) is 2.26. The zero-order valence-electron chi connectivity index (χ0n) is 10.1. The fraction of sp³-hybridized carbons (Fsp3) is 0.818. The maximum atomic E-state index is 11.6. The standard InChI is InChI=1S/C11H21N3O2/c1-3-6-12-11(16)14-7-4-10(5-8-14)13-9(2)15/h10H,3-8H2,1-2H3,(H,12,16)(H,13,15). The molecule has 0 bridgehead atoms. The van der Waals surface area contributed by atoms with Crippen molar-refractivity contribution >= 4 is 11.9 Å². The van der Waals surface area contributed by atoms with Gasteiger partial charge in [-0.25, -0.2) is 4.79 Å². The van der Waals surface area contributed by atoms with Crippen LogP contribution >= 0.6 is 0 Å². The number of piperidine rings is 1. The molecular weight excluding hydrogens is 206 g/mol. The second-order valence-corrected chi connectivity index (χ2v) is 4.19. The first-order valence-electron chi connectivity index (χ1n) is 5.93. The van der Waals surface area contributed by atoms with E-state index in [0.29, 0.717) is 0 Å². The Morgan fingerprint density at radius 3 is 2.44 bits per heavy atom. The normalized spacial score (nSPS) is 17.0. The van der Waals surface area contributed by atoms with Crippen LogP contribution in [0.2, 0.25) is 0 Å². The third kappa shape index (κ3) is 4.08. The monoisotopic (exact) mass is 227 g/mol. The van der Waals surface area contributed by atoms with Gasteiger partial charge in [0.05, 0.1) is 0 Å². The van der Waals surface area contributed by atoms with E-state index in [1.807, 2.05) is 11.8 Å². The summed E-state index contributed by atoms with van der Waals surface area (Å²) >= 11 is 0. The van der Waals surface area contributed by atoms with Crippen molar-refractivity contribution in [3.8, 4) is 0 Å². The lowest BCUT2D eigenvalue weighted by Crippen LogP contribution is -2.49. The van der Waals surface area contributed by atoms with Gasteiger partial charge in [-0.2, -0.15) is 0 Å². The maximum Gasteiger partial charge on any atom is 0.317 e. The molecule has 92 valence electrons. The Bertz CT molecular complexity index is 248. The Kier molecular flexibility index (Phi) is 5.08. The van der Waals surface area contributed by atoms with Gasteiger partial charge in [0.25, 0.3) is 0 Å². The van der Waals surface area contributed by atoms with E-state index >= 15 is 0 Å². The van der Waals surface area contributed by atoms with Crippen LogP contribution in [0.1, 0.15) is 33.1 Å². The minimum Gasteiger partial charge on any atom is -0.353 e. The van der Waals surface area contributed by atoms with E-state index in [-0.39, 0.29) is 18.0 Å². The van der Waals surface area contributed by atoms with Gasteiger partial charge in [-0.15, -0.1) is 0 Å². The van der Waals surface area contributed by atoms with Crippen molar-refractivity contribution < 1.29 is 9.59 Å². The largest absolute Gasteiger partial charge is 0.353 e. The number of carbonyl (C=O) groups is 2. The highest BCUT2D eigenvalue weighted by molar-refractivity contribution is 5.74. The van der Waals surface area contributed by atoms with E-state index in [2.05, 4.69) is 10.6 Å². The molecule has 0 saturated carbocycles. The molecule has 3 amide bonds. The number of likely N-dealkylation sites (tertiary alicyclic amines) is 1. The number of rotatable bonds is 3. The van der Waals surface area contributed by atoms with E-state index in [1.165, 1.54) is 6.92 Å². The summed E-state index contributed by atoms with van der Waals surface area (Å²) in [6, 6.07) is 0.246. The topological polar surface area (TPSA) is 61.4 Å². The summed E-state index contributed by atoms with van der Waals surface area (Å²) in [7, 11) is 0. The number of carbonyl (C=O) groups excluding carboxylic acids is 2. The fourth-order valence-electron chi connectivity index (χ4n) is 1.86. The number of hydrogen-bond donors (Lipinski definition) is 2. The first-order chi connectivity index (χ1) is 7.63. The molecule has 0 unspecified atom stereocenters. The number of nitrogens with one attached hydrogen (secondary N) is 2. The van der Waals surface area contributed by atoms with E-state index in [1.54, 1.807) is 0 Å². The molecule has 2 N–H and O–H groups in total. The van der Waals surface area contributed by atoms with Crippen molar-refractivity contribution in [2.24, 2.45) is 0 Å². The molecule has 0 spiro atoms. The summed E-state index contributed by atoms with van der Waals surface area (Å²) < 4.78 is 0. The summed E-state index contributed by atoms with van der Waals surface area (Å²) in [6.07, 6.45) is 2.65. The molecule has 1 rings (SSSR count). The van der Waals surface area contributed by atoms with Crippen molar-refractivity contribution in [1.82, 2.24) is 15.5 Å². The van der Waals surface area contributed by atoms with Crippen LogP contribution in [0.25, 0.3) is 0 Å². The molecule has 1 fully saturated rings. The third-order valence-electron chi connectivity index (χ3n) is 2.72. The van der Waals surface area contributed by atoms with Crippen LogP contribution in [0.3, 0.4) is 0 Å². The summed E-state index contributed by atoms with van der Waals surface area (Å²) in [5, 5.41) is 5.74. The highest BCUT2D eigenvalue weighted by atomic mass is 16.2. The molecular formula is C11H21N3O2. The van der Waals surface area contributed by atoms with Crippen LogP contribution in [0.5, 0.6) is 0 Å². The molecule has 0 radical (unpaired) electrons. The Balaban J connectivity index is 2.25. The molecule has 1 aliphatic rings. The Labute approximate surface area is 96.6 Å². The van der Waals surface area contributed by atoms with Gasteiger partial charge in [-0.1, -0.05) is 6.92 Å². The van der Waals surface area contributed by atoms with Gasteiger partial charge in [-0.05, 0) is 19.3 Å². The zero-order valence-corrected chi connectivity index (χ0v) is 10.1. The first kappa shape index (κ1) is 12.8. The van der Waals surface area contributed by atoms with E-state index < -0.39 is 0 Å². The molecule has 1 aliphatic heterocycles.